The van der Waals surface area contributed by atoms with Crippen LogP contribution in [-0.2, 0) is 20.7 Å². The monoisotopic (exact) mass is 682 g/mol. The van der Waals surface area contributed by atoms with Gasteiger partial charge in [0.25, 0.3) is 0 Å². The van der Waals surface area contributed by atoms with Crippen LogP contribution in [0.3, 0.4) is 0 Å². The van der Waals surface area contributed by atoms with Crippen molar-refractivity contribution in [2.45, 2.75) is 31.0 Å². The Balaban J connectivity index is 1.30. The number of nitrogens with one attached hydrogen (secondary N) is 1. The third-order valence-corrected chi connectivity index (χ3v) is 9.83. The van der Waals surface area contributed by atoms with E-state index in [1.807, 2.05) is 17.0 Å². The summed E-state index contributed by atoms with van der Waals surface area (Å²) in [5.41, 5.74) is 2.40. The number of carboxylic acid groups (broad SMARTS) is 1. The van der Waals surface area contributed by atoms with Crippen molar-refractivity contribution in [2.24, 2.45) is 4.99 Å². The maximum atomic E-state index is 14.6. The number of aliphatic hydroxyl groups excluding tert-OH is 1. The number of carbonyl (C=O) groups excluding carboxylic acids is 2. The molecule has 0 bridgehead atoms. The highest BCUT2D eigenvalue weighted by molar-refractivity contribution is 7.11. The molecule has 12 nitrogen and oxygen atoms in total. The number of carboxylic acids is 1. The summed E-state index contributed by atoms with van der Waals surface area (Å²) in [5.74, 6) is -1.83. The molecule has 2 amide bonds. The minimum absolute atomic E-state index is 0.0159. The number of nitrogens with zero attached hydrogens (tertiary/aromatic N) is 5. The lowest BCUT2D eigenvalue weighted by molar-refractivity contribution is -0.137. The molecule has 0 spiro atoms. The van der Waals surface area contributed by atoms with Gasteiger partial charge in [-0.25, -0.2) is 19.0 Å². The van der Waals surface area contributed by atoms with E-state index >= 15 is 0 Å². The van der Waals surface area contributed by atoms with Gasteiger partial charge in [0.2, 0.25) is 0 Å². The zero-order chi connectivity index (χ0) is 33.2. The third kappa shape index (κ3) is 6.46. The fraction of sp³-hybridized carbons (Fsp3) is 0.344. The quantitative estimate of drug-likeness (QED) is 0.274. The molecular weight excluding hydrogens is 651 g/mol. The van der Waals surface area contributed by atoms with Crippen LogP contribution in [0.1, 0.15) is 28.6 Å². The first kappa shape index (κ1) is 32.6. The van der Waals surface area contributed by atoms with Gasteiger partial charge < -0.3 is 25.2 Å². The SMILES string of the molecule is COC(=O)C1=C(CN2CCN3C(=O)N(c4ccc(CCC(=O)O)cc4)C[C@@H]3[C@H]2CO)NC(c2nccs2)=N[C@H]1c1cccc(F)c1Cl. The molecule has 47 heavy (non-hydrogen) atoms. The summed E-state index contributed by atoms with van der Waals surface area (Å²) in [5, 5.41) is 25.1. The Kier molecular flexibility index (Phi) is 9.55. The number of aliphatic hydroxyl groups is 1. The second-order valence-electron chi connectivity index (χ2n) is 11.3. The number of anilines is 1. The summed E-state index contributed by atoms with van der Waals surface area (Å²) in [6.07, 6.45) is 2.03. The number of fused-ring (bicyclic) bond motifs is 1. The first-order valence-electron chi connectivity index (χ1n) is 14.9. The van der Waals surface area contributed by atoms with Crippen molar-refractivity contribution in [2.75, 3.05) is 44.8 Å². The van der Waals surface area contributed by atoms with Crippen LogP contribution in [0.5, 0.6) is 0 Å². The van der Waals surface area contributed by atoms with E-state index in [1.54, 1.807) is 39.6 Å². The molecule has 0 radical (unpaired) electrons. The number of ether oxygens (including phenoxy) is 1. The van der Waals surface area contributed by atoms with Crippen LogP contribution in [0.4, 0.5) is 14.9 Å². The standard InChI is InChI=1S/C32H32ClFN6O6S/c1-46-31(44)26-22(36-29(30-35-11-14-47-30)37-28(26)20-3-2-4-21(34)27(20)33)15-38-12-13-39-23(24(38)17-41)16-40(32(39)45)19-8-5-18(6-9-19)7-10-25(42)43/h2-6,8-9,11,14,23-24,28,41H,7,10,12-13,15-17H2,1H3,(H,36,37)(H,42,43)/t23-,24-,28+/m1/s1. The molecule has 246 valence electrons. The molecule has 4 heterocycles. The van der Waals surface area contributed by atoms with E-state index in [9.17, 15) is 23.9 Å². The van der Waals surface area contributed by atoms with Crippen LogP contribution >= 0.6 is 22.9 Å². The van der Waals surface area contributed by atoms with Gasteiger partial charge in [0.1, 0.15) is 11.9 Å². The minimum atomic E-state index is -1.00. The average Bonchev–Trinajstić information content (AvgIpc) is 3.73. The normalized spacial score (nSPS) is 21.4. The van der Waals surface area contributed by atoms with Crippen molar-refractivity contribution in [3.63, 3.8) is 0 Å². The number of benzene rings is 2. The summed E-state index contributed by atoms with van der Waals surface area (Å²) in [6, 6.07) is 9.54. The Morgan fingerprint density at radius 1 is 1.19 bits per heavy atom. The zero-order valence-corrected chi connectivity index (χ0v) is 26.9. The van der Waals surface area contributed by atoms with Crippen LogP contribution in [-0.4, -0.2) is 101 Å². The number of urea groups is 1. The maximum absolute atomic E-state index is 14.6. The minimum Gasteiger partial charge on any atom is -0.481 e. The number of thiazole rings is 1. The molecule has 6 rings (SSSR count). The highest BCUT2D eigenvalue weighted by Crippen LogP contribution is 2.38. The molecule has 2 fully saturated rings. The predicted molar refractivity (Wildman–Crippen MR) is 173 cm³/mol. The van der Waals surface area contributed by atoms with E-state index in [4.69, 9.17) is 26.4 Å². The number of amides is 2. The number of aliphatic imine (C=N–C) groups is 1. The number of amidine groups is 1. The Bertz CT molecular complexity index is 1740. The van der Waals surface area contributed by atoms with Gasteiger partial charge in [0.15, 0.2) is 10.8 Å². The van der Waals surface area contributed by atoms with E-state index < -0.39 is 29.8 Å². The molecule has 3 aromatic rings. The van der Waals surface area contributed by atoms with Crippen LogP contribution in [0.2, 0.25) is 5.02 Å². The van der Waals surface area contributed by atoms with Gasteiger partial charge in [-0.15, -0.1) is 11.3 Å². The average molecular weight is 683 g/mol. The summed E-state index contributed by atoms with van der Waals surface area (Å²) in [7, 11) is 1.25. The van der Waals surface area contributed by atoms with Crippen molar-refractivity contribution >= 4 is 52.4 Å². The Labute approximate surface area is 278 Å². The largest absolute Gasteiger partial charge is 0.481 e. The first-order chi connectivity index (χ1) is 22.7. The number of methoxy groups -OCH3 is 1. The molecule has 0 saturated carbocycles. The van der Waals surface area contributed by atoms with Gasteiger partial charge in [0.05, 0.1) is 36.4 Å². The summed E-state index contributed by atoms with van der Waals surface area (Å²) >= 11 is 7.75. The summed E-state index contributed by atoms with van der Waals surface area (Å²) in [4.78, 5) is 52.4. The van der Waals surface area contributed by atoms with Gasteiger partial charge in [-0.3, -0.25) is 19.6 Å². The Hall–Kier alpha value is -4.37. The molecular formula is C32H32ClFN6O6S. The van der Waals surface area contributed by atoms with Gasteiger partial charge in [-0.2, -0.15) is 0 Å². The number of halogens is 2. The van der Waals surface area contributed by atoms with Gasteiger partial charge in [-0.05, 0) is 30.2 Å². The summed E-state index contributed by atoms with van der Waals surface area (Å²) < 4.78 is 19.8. The number of esters is 1. The number of piperazine rings is 1. The van der Waals surface area contributed by atoms with Crippen molar-refractivity contribution < 1.29 is 33.7 Å². The topological polar surface area (TPSA) is 148 Å². The van der Waals surface area contributed by atoms with Crippen LogP contribution in [0.25, 0.3) is 0 Å². The van der Waals surface area contributed by atoms with Crippen molar-refractivity contribution in [1.29, 1.82) is 0 Å². The summed E-state index contributed by atoms with van der Waals surface area (Å²) in [6.45, 7) is 0.980. The Morgan fingerprint density at radius 2 is 1.98 bits per heavy atom. The van der Waals surface area contributed by atoms with Gasteiger partial charge in [0, 0.05) is 61.1 Å². The van der Waals surface area contributed by atoms with Gasteiger partial charge >= 0.3 is 18.0 Å². The maximum Gasteiger partial charge on any atom is 0.338 e. The lowest BCUT2D eigenvalue weighted by Crippen LogP contribution is -2.61. The Morgan fingerprint density at radius 3 is 2.66 bits per heavy atom. The number of hydrogen-bond acceptors (Lipinski definition) is 10. The number of hydrogen-bond donors (Lipinski definition) is 3. The van der Waals surface area contributed by atoms with E-state index in [2.05, 4.69) is 10.3 Å². The molecule has 2 saturated heterocycles. The highest BCUT2D eigenvalue weighted by atomic mass is 35.5. The molecule has 2 aromatic carbocycles. The van der Waals surface area contributed by atoms with Crippen molar-refractivity contribution in [3.05, 3.63) is 92.3 Å². The second-order valence-corrected chi connectivity index (χ2v) is 12.6. The first-order valence-corrected chi connectivity index (χ1v) is 16.2. The fourth-order valence-corrected chi connectivity index (χ4v) is 7.14. The highest BCUT2D eigenvalue weighted by Gasteiger charge is 2.47. The van der Waals surface area contributed by atoms with Crippen LogP contribution in [0.15, 0.2) is 70.3 Å². The number of rotatable bonds is 10. The zero-order valence-electron chi connectivity index (χ0n) is 25.3. The van der Waals surface area contributed by atoms with Crippen molar-refractivity contribution in [3.8, 4) is 0 Å². The van der Waals surface area contributed by atoms with E-state index in [0.29, 0.717) is 48.3 Å². The number of aryl methyl sites for hydroxylation is 1. The molecule has 15 heteroatoms. The lowest BCUT2D eigenvalue weighted by atomic mass is 9.94. The molecule has 3 aliphatic heterocycles. The molecule has 0 aliphatic carbocycles. The number of aromatic nitrogens is 1. The van der Waals surface area contributed by atoms with E-state index in [1.165, 1.54) is 30.6 Å². The molecule has 3 aliphatic rings. The lowest BCUT2D eigenvalue weighted by Gasteiger charge is -2.43. The molecule has 3 atom stereocenters. The smallest absolute Gasteiger partial charge is 0.338 e. The number of aliphatic carboxylic acids is 1. The van der Waals surface area contributed by atoms with E-state index in [0.717, 1.165) is 5.56 Å². The fourth-order valence-electron chi connectivity index (χ4n) is 6.32. The third-order valence-electron chi connectivity index (χ3n) is 8.65. The molecule has 3 N–H and O–H groups in total. The second kappa shape index (κ2) is 13.8. The van der Waals surface area contributed by atoms with Gasteiger partial charge in [-0.1, -0.05) is 35.9 Å². The van der Waals surface area contributed by atoms with Crippen molar-refractivity contribution in [1.82, 2.24) is 20.1 Å². The predicted octanol–water partition coefficient (Wildman–Crippen LogP) is 3.46. The van der Waals surface area contributed by atoms with Crippen LogP contribution in [0, 0.1) is 5.82 Å². The van der Waals surface area contributed by atoms with Crippen LogP contribution < -0.4 is 10.2 Å². The van der Waals surface area contributed by atoms with E-state index in [-0.39, 0.29) is 47.8 Å². The number of carbonyl (C=O) groups is 3. The molecule has 0 unspecified atom stereocenters. The molecule has 1 aromatic heterocycles.